The van der Waals surface area contributed by atoms with Crippen molar-refractivity contribution in [3.05, 3.63) is 352 Å². The van der Waals surface area contributed by atoms with Crippen molar-refractivity contribution in [1.82, 2.24) is 0 Å². The first-order valence-electron chi connectivity index (χ1n) is 30.5. The summed E-state index contributed by atoms with van der Waals surface area (Å²) in [6, 6.07) is 128. The van der Waals surface area contributed by atoms with E-state index in [0.29, 0.717) is 0 Å². The van der Waals surface area contributed by atoms with Gasteiger partial charge in [0.1, 0.15) is 0 Å². The van der Waals surface area contributed by atoms with Gasteiger partial charge in [0.05, 0.1) is 0 Å². The van der Waals surface area contributed by atoms with Gasteiger partial charge < -0.3 is 0 Å². The first kappa shape index (κ1) is 52.1. The molecule has 0 radical (unpaired) electrons. The lowest BCUT2D eigenvalue weighted by Crippen LogP contribution is -1.92. The molecule has 0 saturated heterocycles. The van der Waals surface area contributed by atoms with Crippen LogP contribution in [0.2, 0.25) is 0 Å². The quantitative estimate of drug-likeness (QED) is 0.105. The van der Waals surface area contributed by atoms with Gasteiger partial charge in [0, 0.05) is 0 Å². The molecule has 0 aromatic heterocycles. The first-order chi connectivity index (χ1) is 43.7. The molecule has 0 bridgehead atoms. The maximum atomic E-state index is 2.34. The van der Waals surface area contributed by atoms with Gasteiger partial charge in [0.15, 0.2) is 0 Å². The summed E-state index contributed by atoms with van der Waals surface area (Å²) in [5.41, 5.74) is 20.0. The fraction of sp³-hybridized carbons (Fsp3) is 0. The molecule has 0 heteroatoms. The smallest absolute Gasteiger partial charge is 0.00201 e. The van der Waals surface area contributed by atoms with Gasteiger partial charge in [-0.1, -0.05) is 340 Å². The summed E-state index contributed by atoms with van der Waals surface area (Å²) >= 11 is 0. The number of hydrogen-bond donors (Lipinski definition) is 0. The molecule has 0 aliphatic carbocycles. The highest BCUT2D eigenvalue weighted by Crippen LogP contribution is 2.49. The third-order valence-corrected chi connectivity index (χ3v) is 17.9. The van der Waals surface area contributed by atoms with Crippen LogP contribution in [0, 0.1) is 0 Å². The molecule has 0 unspecified atom stereocenters. The Kier molecular flexibility index (Phi) is 13.3. The van der Waals surface area contributed by atoms with Gasteiger partial charge in [0.2, 0.25) is 0 Å². The van der Waals surface area contributed by atoms with Crippen molar-refractivity contribution in [3.63, 3.8) is 0 Å². The van der Waals surface area contributed by atoms with Crippen molar-refractivity contribution in [1.29, 1.82) is 0 Å². The zero-order chi connectivity index (χ0) is 58.3. The van der Waals surface area contributed by atoms with Gasteiger partial charge in [-0.3, -0.25) is 0 Å². The molecule has 0 nitrogen and oxygen atoms in total. The van der Waals surface area contributed by atoms with Gasteiger partial charge in [-0.15, -0.1) is 0 Å². The Labute approximate surface area is 513 Å². The molecule has 0 N–H and O–H groups in total. The average molecular weight is 1120 g/mol. The number of benzene rings is 17. The van der Waals surface area contributed by atoms with E-state index in [1.807, 2.05) is 0 Å². The van der Waals surface area contributed by atoms with Crippen LogP contribution in [-0.4, -0.2) is 0 Å². The van der Waals surface area contributed by atoms with Crippen molar-refractivity contribution in [2.75, 3.05) is 0 Å². The highest BCUT2D eigenvalue weighted by Gasteiger charge is 2.21. The Balaban J connectivity index is 0.000000142. The third kappa shape index (κ3) is 9.28. The standard InChI is InChI=1S/C46H30.C42H28/c1-2-14-31(15-3-1)35-17-6-9-21-39(35)46-42-24-12-10-22-40(42)45(41-23-11-13-25-43(41)46)33-28-26-32(27-29-33)44-30-34-16-4-5-18-36(34)37-19-7-8-20-38(37)44;1-2-13-31(14-3-1)35-16-6-7-17-36(35)42-39-20-10-8-18-37(39)41(38-19-9-11-21-40(38)42)32-25-22-30(23-26-32)34-27-24-29-12-4-5-15-33(29)28-34/h1-30H;1-28H. The maximum Gasteiger partial charge on any atom is -0.00201 e. The highest BCUT2D eigenvalue weighted by atomic mass is 14.2. The minimum Gasteiger partial charge on any atom is -0.0622 e. The van der Waals surface area contributed by atoms with Crippen molar-refractivity contribution in [2.45, 2.75) is 0 Å². The molecule has 0 spiro atoms. The molecule has 17 aromatic carbocycles. The fourth-order valence-electron chi connectivity index (χ4n) is 13.9. The number of fused-ring (bicyclic) bond motifs is 8. The van der Waals surface area contributed by atoms with E-state index >= 15 is 0 Å². The van der Waals surface area contributed by atoms with E-state index in [-0.39, 0.29) is 0 Å². The molecule has 0 aliphatic heterocycles. The van der Waals surface area contributed by atoms with Crippen LogP contribution in [0.15, 0.2) is 352 Å². The molecular formula is C88H58. The van der Waals surface area contributed by atoms with Gasteiger partial charge in [-0.05, 0) is 177 Å². The molecule has 0 atom stereocenters. The van der Waals surface area contributed by atoms with Crippen LogP contribution in [0.5, 0.6) is 0 Å². The Morgan fingerprint density at radius 3 is 0.864 bits per heavy atom. The molecule has 0 aliphatic rings. The summed E-state index contributed by atoms with van der Waals surface area (Å²) in [6.07, 6.45) is 0. The lowest BCUT2D eigenvalue weighted by atomic mass is 9.83. The van der Waals surface area contributed by atoms with E-state index in [2.05, 4.69) is 352 Å². The largest absolute Gasteiger partial charge is 0.0622 e. The zero-order valence-electron chi connectivity index (χ0n) is 48.5. The van der Waals surface area contributed by atoms with Gasteiger partial charge in [-0.2, -0.15) is 0 Å². The second kappa shape index (κ2) is 22.5. The normalized spacial score (nSPS) is 11.4. The Bertz CT molecular complexity index is 5350. The number of hydrogen-bond acceptors (Lipinski definition) is 0. The molecule has 17 rings (SSSR count). The number of rotatable bonds is 8. The summed E-state index contributed by atoms with van der Waals surface area (Å²) in [6.45, 7) is 0. The van der Waals surface area contributed by atoms with Crippen molar-refractivity contribution >= 4 is 75.4 Å². The van der Waals surface area contributed by atoms with Crippen LogP contribution >= 0.6 is 0 Å². The van der Waals surface area contributed by atoms with Crippen LogP contribution in [-0.2, 0) is 0 Å². The van der Waals surface area contributed by atoms with Crippen molar-refractivity contribution in [2.24, 2.45) is 0 Å². The summed E-state index contributed by atoms with van der Waals surface area (Å²) in [7, 11) is 0. The molecule has 0 saturated carbocycles. The predicted molar refractivity (Wildman–Crippen MR) is 379 cm³/mol. The summed E-state index contributed by atoms with van der Waals surface area (Å²) in [4.78, 5) is 0. The van der Waals surface area contributed by atoms with E-state index in [4.69, 9.17) is 0 Å². The van der Waals surface area contributed by atoms with Crippen LogP contribution < -0.4 is 0 Å². The van der Waals surface area contributed by atoms with Crippen LogP contribution in [0.3, 0.4) is 0 Å². The Hall–Kier alpha value is -11.4. The molecular weight excluding hydrogens is 1060 g/mol. The van der Waals surface area contributed by atoms with Crippen molar-refractivity contribution < 1.29 is 0 Å². The summed E-state index contributed by atoms with van der Waals surface area (Å²) in [5, 5.41) is 17.8. The Morgan fingerprint density at radius 2 is 0.409 bits per heavy atom. The molecule has 0 amide bonds. The van der Waals surface area contributed by atoms with Gasteiger partial charge in [0.25, 0.3) is 0 Å². The third-order valence-electron chi connectivity index (χ3n) is 17.9. The highest BCUT2D eigenvalue weighted by molar-refractivity contribution is 6.24. The SMILES string of the molecule is c1ccc(-c2ccccc2-c2c3ccccc3c(-c3ccc(-c4cc5ccccc5c5ccccc45)cc3)c3ccccc23)cc1.c1ccc(-c2ccccc2-c2c3ccccc3c(-c3ccc(-c4ccc5ccccc5c4)cc3)c3ccccc23)cc1. The summed E-state index contributed by atoms with van der Waals surface area (Å²) in [5.74, 6) is 0. The van der Waals surface area contributed by atoms with E-state index in [1.165, 1.54) is 164 Å². The van der Waals surface area contributed by atoms with Crippen molar-refractivity contribution in [3.8, 4) is 89.0 Å². The lowest BCUT2D eigenvalue weighted by Gasteiger charge is -2.20. The summed E-state index contributed by atoms with van der Waals surface area (Å²) < 4.78 is 0. The van der Waals surface area contributed by atoms with Gasteiger partial charge >= 0.3 is 0 Å². The lowest BCUT2D eigenvalue weighted by molar-refractivity contribution is 1.60. The second-order valence-electron chi connectivity index (χ2n) is 22.9. The van der Waals surface area contributed by atoms with Gasteiger partial charge in [-0.25, -0.2) is 0 Å². The monoisotopic (exact) mass is 1110 g/mol. The maximum absolute atomic E-state index is 2.34. The van der Waals surface area contributed by atoms with E-state index in [0.717, 1.165) is 0 Å². The van der Waals surface area contributed by atoms with E-state index in [9.17, 15) is 0 Å². The molecule has 88 heavy (non-hydrogen) atoms. The van der Waals surface area contributed by atoms with Crippen LogP contribution in [0.25, 0.3) is 164 Å². The van der Waals surface area contributed by atoms with Crippen LogP contribution in [0.1, 0.15) is 0 Å². The Morgan fingerprint density at radius 1 is 0.114 bits per heavy atom. The zero-order valence-corrected chi connectivity index (χ0v) is 48.5. The fourth-order valence-corrected chi connectivity index (χ4v) is 13.9. The topological polar surface area (TPSA) is 0 Å². The average Bonchev–Trinajstić information content (AvgIpc) is 3.77. The first-order valence-corrected chi connectivity index (χ1v) is 30.5. The minimum absolute atomic E-state index is 1.23. The van der Waals surface area contributed by atoms with Crippen LogP contribution in [0.4, 0.5) is 0 Å². The molecule has 17 aromatic rings. The predicted octanol–water partition coefficient (Wildman–Crippen LogP) is 24.8. The second-order valence-corrected chi connectivity index (χ2v) is 22.9. The molecule has 0 heterocycles. The minimum atomic E-state index is 1.23. The molecule has 0 fully saturated rings. The van der Waals surface area contributed by atoms with E-state index < -0.39 is 0 Å². The van der Waals surface area contributed by atoms with E-state index in [1.54, 1.807) is 0 Å². The molecule has 410 valence electrons.